The quantitative estimate of drug-likeness (QED) is 0.786. The van der Waals surface area contributed by atoms with E-state index in [4.69, 9.17) is 0 Å². The fourth-order valence-corrected chi connectivity index (χ4v) is 3.36. The van der Waals surface area contributed by atoms with E-state index in [1.54, 1.807) is 11.2 Å². The van der Waals surface area contributed by atoms with E-state index in [1.807, 2.05) is 12.1 Å². The summed E-state index contributed by atoms with van der Waals surface area (Å²) in [5, 5.41) is 4.54. The summed E-state index contributed by atoms with van der Waals surface area (Å²) in [6, 6.07) is 6.10. The number of quaternary nitrogens is 1. The molecule has 112 valence electrons. The number of nitrogens with one attached hydrogen (secondary N) is 2. The number of anilines is 1. The predicted molar refractivity (Wildman–Crippen MR) is 89.8 cm³/mol. The van der Waals surface area contributed by atoms with Crippen LogP contribution in [0.3, 0.4) is 0 Å². The fourth-order valence-electron chi connectivity index (χ4n) is 3.00. The van der Waals surface area contributed by atoms with Crippen LogP contribution in [-0.2, 0) is 0 Å². The average molecular weight is 350 g/mol. The Morgan fingerprint density at radius 1 is 1.14 bits per heavy atom. The lowest BCUT2D eigenvalue weighted by Crippen LogP contribution is -3.09. The van der Waals surface area contributed by atoms with Gasteiger partial charge in [-0.1, -0.05) is 15.9 Å². The summed E-state index contributed by atoms with van der Waals surface area (Å²) in [5.41, 5.74) is 0.984. The first-order valence-electron chi connectivity index (χ1n) is 7.80. The van der Waals surface area contributed by atoms with Gasteiger partial charge in [-0.2, -0.15) is 0 Å². The average Bonchev–Trinajstić information content (AvgIpc) is 3.00. The highest BCUT2D eigenvalue weighted by atomic mass is 79.9. The van der Waals surface area contributed by atoms with Gasteiger partial charge in [-0.25, -0.2) is 9.97 Å². The van der Waals surface area contributed by atoms with E-state index >= 15 is 0 Å². The van der Waals surface area contributed by atoms with Crippen LogP contribution in [0.5, 0.6) is 0 Å². The zero-order valence-corrected chi connectivity index (χ0v) is 13.8. The van der Waals surface area contributed by atoms with Gasteiger partial charge < -0.3 is 10.2 Å². The van der Waals surface area contributed by atoms with Crippen molar-refractivity contribution in [1.82, 2.24) is 9.97 Å². The Bertz CT molecular complexity index is 596. The third kappa shape index (κ3) is 3.92. The molecule has 5 heteroatoms. The number of likely N-dealkylation sites (tertiary alicyclic amines) is 1. The molecule has 0 aliphatic carbocycles. The summed E-state index contributed by atoms with van der Waals surface area (Å²) in [5.74, 6) is 0.940. The molecule has 1 saturated heterocycles. The first-order valence-corrected chi connectivity index (χ1v) is 8.60. The Morgan fingerprint density at radius 3 is 2.86 bits per heavy atom. The molecule has 0 atom stereocenters. The van der Waals surface area contributed by atoms with Crippen LogP contribution in [0.4, 0.5) is 5.82 Å². The van der Waals surface area contributed by atoms with E-state index in [0.29, 0.717) is 0 Å². The molecule has 0 amide bonds. The predicted octanol–water partition coefficient (Wildman–Crippen LogP) is 2.26. The Hall–Kier alpha value is -1.20. The third-order valence-electron chi connectivity index (χ3n) is 4.16. The van der Waals surface area contributed by atoms with E-state index in [1.165, 1.54) is 45.3 Å². The van der Waals surface area contributed by atoms with Crippen molar-refractivity contribution in [2.75, 3.05) is 31.5 Å². The van der Waals surface area contributed by atoms with Crippen molar-refractivity contribution < 1.29 is 4.90 Å². The third-order valence-corrected chi connectivity index (χ3v) is 4.65. The van der Waals surface area contributed by atoms with Gasteiger partial charge in [0, 0.05) is 29.2 Å². The summed E-state index contributed by atoms with van der Waals surface area (Å²) >= 11 is 3.51. The van der Waals surface area contributed by atoms with Crippen LogP contribution >= 0.6 is 15.9 Å². The number of hydrogen-bond donors (Lipinski definition) is 2. The minimum Gasteiger partial charge on any atom is -0.369 e. The van der Waals surface area contributed by atoms with Gasteiger partial charge in [-0.3, -0.25) is 0 Å². The number of hydrogen-bond acceptors (Lipinski definition) is 3. The maximum absolute atomic E-state index is 4.37. The summed E-state index contributed by atoms with van der Waals surface area (Å²) in [7, 11) is 0. The van der Waals surface area contributed by atoms with Gasteiger partial charge in [0.25, 0.3) is 0 Å². The number of fused-ring (bicyclic) bond motifs is 1. The van der Waals surface area contributed by atoms with Crippen molar-refractivity contribution in [3.8, 4) is 0 Å². The molecule has 0 radical (unpaired) electrons. The maximum Gasteiger partial charge on any atom is 0.137 e. The molecule has 4 nitrogen and oxygen atoms in total. The second-order valence-electron chi connectivity index (χ2n) is 5.72. The zero-order chi connectivity index (χ0) is 14.5. The summed E-state index contributed by atoms with van der Waals surface area (Å²) < 4.78 is 1.06. The van der Waals surface area contributed by atoms with Crippen molar-refractivity contribution in [3.63, 3.8) is 0 Å². The first kappa shape index (κ1) is 14.7. The topological polar surface area (TPSA) is 42.2 Å². The van der Waals surface area contributed by atoms with E-state index in [-0.39, 0.29) is 0 Å². The monoisotopic (exact) mass is 349 g/mol. The smallest absolute Gasteiger partial charge is 0.137 e. The molecule has 21 heavy (non-hydrogen) atoms. The van der Waals surface area contributed by atoms with Crippen molar-refractivity contribution in [1.29, 1.82) is 0 Å². The molecule has 2 N–H and O–H groups in total. The number of unbranched alkanes of at least 4 members (excludes halogenated alkanes) is 1. The fraction of sp³-hybridized carbons (Fsp3) is 0.500. The zero-order valence-electron chi connectivity index (χ0n) is 12.2. The van der Waals surface area contributed by atoms with Crippen LogP contribution in [0, 0.1) is 0 Å². The largest absolute Gasteiger partial charge is 0.369 e. The molecule has 3 rings (SSSR count). The molecule has 1 fully saturated rings. The highest BCUT2D eigenvalue weighted by Gasteiger charge is 2.13. The Morgan fingerprint density at radius 2 is 2.00 bits per heavy atom. The molecule has 1 aliphatic rings. The minimum absolute atomic E-state index is 0.940. The second kappa shape index (κ2) is 7.18. The molecule has 1 aromatic heterocycles. The molecule has 0 unspecified atom stereocenters. The number of rotatable bonds is 6. The number of aromatic nitrogens is 2. The van der Waals surface area contributed by atoms with Crippen molar-refractivity contribution in [2.24, 2.45) is 0 Å². The van der Waals surface area contributed by atoms with Gasteiger partial charge in [0.1, 0.15) is 12.1 Å². The number of halogens is 1. The normalized spacial score (nSPS) is 15.7. The first-order chi connectivity index (χ1) is 10.3. The number of nitrogens with zero attached hydrogens (tertiary/aromatic N) is 2. The van der Waals surface area contributed by atoms with Crippen molar-refractivity contribution in [2.45, 2.75) is 25.7 Å². The van der Waals surface area contributed by atoms with Gasteiger partial charge in [-0.15, -0.1) is 0 Å². The molecule has 1 aliphatic heterocycles. The van der Waals surface area contributed by atoms with Gasteiger partial charge in [0.2, 0.25) is 0 Å². The lowest BCUT2D eigenvalue weighted by molar-refractivity contribution is -0.887. The Labute approximate surface area is 134 Å². The Balaban J connectivity index is 1.51. The van der Waals surface area contributed by atoms with E-state index in [0.717, 1.165) is 27.7 Å². The van der Waals surface area contributed by atoms with Crippen molar-refractivity contribution in [3.05, 3.63) is 29.0 Å². The van der Waals surface area contributed by atoms with Gasteiger partial charge in [0.15, 0.2) is 0 Å². The second-order valence-corrected chi connectivity index (χ2v) is 6.64. The molecular weight excluding hydrogens is 328 g/mol. The van der Waals surface area contributed by atoms with E-state index < -0.39 is 0 Å². The molecule has 0 spiro atoms. The van der Waals surface area contributed by atoms with E-state index in [2.05, 4.69) is 37.3 Å². The standard InChI is InChI=1S/C16H21BrN4/c17-13-5-6-15-14(11-13)16(20-12-19-15)18-7-1-2-8-21-9-3-4-10-21/h5-6,11-12H,1-4,7-10H2,(H,18,19,20)/p+1. The minimum atomic E-state index is 0.940. The van der Waals surface area contributed by atoms with Crippen LogP contribution in [-0.4, -0.2) is 36.1 Å². The van der Waals surface area contributed by atoms with Crippen LogP contribution < -0.4 is 10.2 Å². The SMILES string of the molecule is Brc1ccc2ncnc(NCCCC[NH+]3CCCC3)c2c1. The molecule has 2 heterocycles. The lowest BCUT2D eigenvalue weighted by atomic mass is 10.2. The highest BCUT2D eigenvalue weighted by molar-refractivity contribution is 9.10. The summed E-state index contributed by atoms with van der Waals surface area (Å²) in [6.07, 6.45) is 6.94. The number of benzene rings is 1. The summed E-state index contributed by atoms with van der Waals surface area (Å²) in [6.45, 7) is 5.04. The van der Waals surface area contributed by atoms with Crippen LogP contribution in [0.25, 0.3) is 10.9 Å². The summed E-state index contributed by atoms with van der Waals surface area (Å²) in [4.78, 5) is 10.5. The van der Waals surface area contributed by atoms with Crippen LogP contribution in [0.1, 0.15) is 25.7 Å². The van der Waals surface area contributed by atoms with Gasteiger partial charge >= 0.3 is 0 Å². The van der Waals surface area contributed by atoms with Crippen molar-refractivity contribution >= 4 is 32.7 Å². The highest BCUT2D eigenvalue weighted by Crippen LogP contribution is 2.23. The lowest BCUT2D eigenvalue weighted by Gasteiger charge is -2.12. The molecule has 0 bridgehead atoms. The van der Waals surface area contributed by atoms with E-state index in [9.17, 15) is 0 Å². The van der Waals surface area contributed by atoms with Gasteiger partial charge in [0.05, 0.1) is 25.2 Å². The molecule has 1 aromatic carbocycles. The molecular formula is C16H22BrN4+. The van der Waals surface area contributed by atoms with Crippen LogP contribution in [0.2, 0.25) is 0 Å². The maximum atomic E-state index is 4.37. The molecule has 2 aromatic rings. The van der Waals surface area contributed by atoms with Crippen LogP contribution in [0.15, 0.2) is 29.0 Å². The molecule has 0 saturated carbocycles. The van der Waals surface area contributed by atoms with Gasteiger partial charge in [-0.05, 0) is 31.0 Å². The Kier molecular flexibility index (Phi) is 5.04.